The molecule has 0 spiro atoms. The first kappa shape index (κ1) is 23.0. The normalized spacial score (nSPS) is 16.9. The van der Waals surface area contributed by atoms with Crippen molar-refractivity contribution in [2.45, 2.75) is 33.3 Å². The zero-order valence-corrected chi connectivity index (χ0v) is 21.0. The van der Waals surface area contributed by atoms with Crippen molar-refractivity contribution in [1.29, 1.82) is 0 Å². The quantitative estimate of drug-likeness (QED) is 0.330. The van der Waals surface area contributed by atoms with Crippen LogP contribution in [0.25, 0.3) is 10.9 Å². The number of ether oxygens (including phenoxy) is 2. The number of benzene rings is 2. The molecule has 1 atom stereocenters. The topological polar surface area (TPSA) is 56.6 Å². The van der Waals surface area contributed by atoms with Gasteiger partial charge in [0.25, 0.3) is 0 Å². The van der Waals surface area contributed by atoms with E-state index >= 15 is 0 Å². The molecule has 2 aromatic carbocycles. The maximum Gasteiger partial charge on any atom is 0.341 e. The molecule has 1 aliphatic heterocycles. The second-order valence-corrected chi connectivity index (χ2v) is 8.79. The standard InChI is InChI=1S/C29H31N3O3/c1-6-32(7-2)20-15-16-23(25(18-20)34-8-3)29(27-22(28(33)35-29)13-11-17-30-27)26-19(4)31(5)24-14-10-9-12-21(24)26/h9-18H,6-8H2,1-5H3. The average molecular weight is 470 g/mol. The van der Waals surface area contributed by atoms with Gasteiger partial charge in [-0.15, -0.1) is 0 Å². The van der Waals surface area contributed by atoms with Crippen molar-refractivity contribution in [2.75, 3.05) is 24.6 Å². The Hall–Kier alpha value is -3.80. The van der Waals surface area contributed by atoms with Crippen molar-refractivity contribution < 1.29 is 14.3 Å². The van der Waals surface area contributed by atoms with Crippen molar-refractivity contribution in [1.82, 2.24) is 9.55 Å². The van der Waals surface area contributed by atoms with Crippen molar-refractivity contribution in [3.05, 3.63) is 88.9 Å². The van der Waals surface area contributed by atoms with Gasteiger partial charge in [-0.3, -0.25) is 4.98 Å². The first-order chi connectivity index (χ1) is 17.0. The van der Waals surface area contributed by atoms with E-state index in [0.717, 1.165) is 46.5 Å². The third-order valence-electron chi connectivity index (χ3n) is 7.13. The molecule has 1 unspecified atom stereocenters. The molecule has 6 heteroatoms. The fourth-order valence-electron chi connectivity index (χ4n) is 5.41. The minimum absolute atomic E-state index is 0.379. The SMILES string of the molecule is CCOc1cc(N(CC)CC)ccc1C1(c2c(C)n(C)c3ccccc23)OC(=O)c2cccnc21. The van der Waals surface area contributed by atoms with E-state index in [1.807, 2.05) is 32.2 Å². The second kappa shape index (κ2) is 8.77. The fourth-order valence-corrected chi connectivity index (χ4v) is 5.41. The van der Waals surface area contributed by atoms with Crippen molar-refractivity contribution in [3.63, 3.8) is 0 Å². The number of anilines is 1. The number of aryl methyl sites for hydroxylation is 1. The molecule has 2 aromatic heterocycles. The summed E-state index contributed by atoms with van der Waals surface area (Å²) < 4.78 is 14.8. The summed E-state index contributed by atoms with van der Waals surface area (Å²) in [5.41, 5.74) is 4.68. The number of rotatable bonds is 7. The summed E-state index contributed by atoms with van der Waals surface area (Å²) in [7, 11) is 2.04. The molecule has 5 rings (SSSR count). The van der Waals surface area contributed by atoms with Crippen molar-refractivity contribution in [3.8, 4) is 5.75 Å². The smallest absolute Gasteiger partial charge is 0.341 e. The number of para-hydroxylation sites is 1. The first-order valence-electron chi connectivity index (χ1n) is 12.2. The Morgan fingerprint density at radius 2 is 1.83 bits per heavy atom. The number of hydrogen-bond acceptors (Lipinski definition) is 5. The van der Waals surface area contributed by atoms with Crippen LogP contribution in [0.2, 0.25) is 0 Å². The van der Waals surface area contributed by atoms with Gasteiger partial charge in [0, 0.05) is 65.8 Å². The molecule has 180 valence electrons. The van der Waals surface area contributed by atoms with Gasteiger partial charge in [-0.1, -0.05) is 18.2 Å². The van der Waals surface area contributed by atoms with Gasteiger partial charge in [0.15, 0.2) is 0 Å². The Balaban J connectivity index is 1.89. The molecule has 3 heterocycles. The summed E-state index contributed by atoms with van der Waals surface area (Å²) in [5.74, 6) is 0.311. The third-order valence-corrected chi connectivity index (χ3v) is 7.13. The van der Waals surface area contributed by atoms with Gasteiger partial charge in [-0.2, -0.15) is 0 Å². The molecule has 0 bridgehead atoms. The molecule has 0 aliphatic carbocycles. The lowest BCUT2D eigenvalue weighted by atomic mass is 9.80. The van der Waals surface area contributed by atoms with Gasteiger partial charge in [-0.25, -0.2) is 4.79 Å². The van der Waals surface area contributed by atoms with Crippen LogP contribution in [0.5, 0.6) is 5.75 Å². The number of pyridine rings is 1. The Morgan fingerprint density at radius 1 is 1.06 bits per heavy atom. The maximum absolute atomic E-state index is 13.3. The summed E-state index contributed by atoms with van der Waals surface area (Å²) in [6.45, 7) is 10.6. The summed E-state index contributed by atoms with van der Waals surface area (Å²) in [4.78, 5) is 20.3. The van der Waals surface area contributed by atoms with Gasteiger partial charge in [0.05, 0.1) is 12.2 Å². The van der Waals surface area contributed by atoms with Gasteiger partial charge in [0.2, 0.25) is 5.60 Å². The van der Waals surface area contributed by atoms with E-state index in [1.54, 1.807) is 18.3 Å². The molecule has 0 radical (unpaired) electrons. The molecule has 6 nitrogen and oxygen atoms in total. The largest absolute Gasteiger partial charge is 0.493 e. The van der Waals surface area contributed by atoms with Gasteiger partial charge in [0.1, 0.15) is 11.4 Å². The van der Waals surface area contributed by atoms with Crippen LogP contribution in [-0.2, 0) is 17.4 Å². The molecule has 0 N–H and O–H groups in total. The molecule has 0 saturated heterocycles. The summed E-state index contributed by atoms with van der Waals surface area (Å²) in [6.07, 6.45) is 1.72. The maximum atomic E-state index is 13.3. The molecular formula is C29H31N3O3. The highest BCUT2D eigenvalue weighted by Crippen LogP contribution is 2.52. The number of aromatic nitrogens is 2. The Kier molecular flexibility index (Phi) is 5.75. The number of cyclic esters (lactones) is 1. The van der Waals surface area contributed by atoms with E-state index in [0.29, 0.717) is 23.6 Å². The molecule has 0 saturated carbocycles. The van der Waals surface area contributed by atoms with Crippen LogP contribution in [0.1, 0.15) is 53.6 Å². The minimum Gasteiger partial charge on any atom is -0.493 e. The van der Waals surface area contributed by atoms with Crippen molar-refractivity contribution in [2.24, 2.45) is 7.05 Å². The van der Waals surface area contributed by atoms with Crippen LogP contribution in [0.3, 0.4) is 0 Å². The molecular weight excluding hydrogens is 438 g/mol. The molecule has 0 fully saturated rings. The average Bonchev–Trinajstić information content (AvgIpc) is 3.31. The molecule has 4 aromatic rings. The lowest BCUT2D eigenvalue weighted by Gasteiger charge is -2.32. The summed E-state index contributed by atoms with van der Waals surface area (Å²) >= 11 is 0. The highest BCUT2D eigenvalue weighted by Gasteiger charge is 2.53. The Bertz CT molecular complexity index is 1420. The number of carbonyl (C=O) groups is 1. The minimum atomic E-state index is -1.23. The van der Waals surface area contributed by atoms with Crippen LogP contribution in [0, 0.1) is 6.92 Å². The zero-order chi connectivity index (χ0) is 24.7. The molecule has 0 amide bonds. The van der Waals surface area contributed by atoms with Crippen LogP contribution < -0.4 is 9.64 Å². The van der Waals surface area contributed by atoms with E-state index < -0.39 is 5.60 Å². The van der Waals surface area contributed by atoms with Crippen molar-refractivity contribution >= 4 is 22.6 Å². The summed E-state index contributed by atoms with van der Waals surface area (Å²) in [5, 5.41) is 1.02. The van der Waals surface area contributed by atoms with Gasteiger partial charge < -0.3 is 18.9 Å². The lowest BCUT2D eigenvalue weighted by molar-refractivity contribution is 0.0238. The molecule has 1 aliphatic rings. The highest BCUT2D eigenvalue weighted by molar-refractivity contribution is 5.98. The first-order valence-corrected chi connectivity index (χ1v) is 12.2. The molecule has 35 heavy (non-hydrogen) atoms. The number of carbonyl (C=O) groups excluding carboxylic acids is 1. The van der Waals surface area contributed by atoms with E-state index in [4.69, 9.17) is 14.5 Å². The number of fused-ring (bicyclic) bond motifs is 2. The van der Waals surface area contributed by atoms with Crippen LogP contribution >= 0.6 is 0 Å². The zero-order valence-electron chi connectivity index (χ0n) is 21.0. The predicted octanol–water partition coefficient (Wildman–Crippen LogP) is 5.59. The lowest BCUT2D eigenvalue weighted by Crippen LogP contribution is -2.32. The number of nitrogens with zero attached hydrogens (tertiary/aromatic N) is 3. The van der Waals surface area contributed by atoms with E-state index in [2.05, 4.69) is 54.5 Å². The fraction of sp³-hybridized carbons (Fsp3) is 0.310. The Labute approximate surface area is 206 Å². The number of esters is 1. The Morgan fingerprint density at radius 3 is 2.57 bits per heavy atom. The van der Waals surface area contributed by atoms with E-state index in [-0.39, 0.29) is 5.97 Å². The van der Waals surface area contributed by atoms with Gasteiger partial charge in [-0.05, 0) is 58.0 Å². The predicted molar refractivity (Wildman–Crippen MR) is 138 cm³/mol. The highest BCUT2D eigenvalue weighted by atomic mass is 16.6. The monoisotopic (exact) mass is 469 g/mol. The van der Waals surface area contributed by atoms with E-state index in [9.17, 15) is 4.79 Å². The van der Waals surface area contributed by atoms with Crippen LogP contribution in [0.15, 0.2) is 60.8 Å². The summed E-state index contributed by atoms with van der Waals surface area (Å²) in [6, 6.07) is 18.0. The van der Waals surface area contributed by atoms with Crippen LogP contribution in [0.4, 0.5) is 5.69 Å². The van der Waals surface area contributed by atoms with E-state index in [1.165, 1.54) is 0 Å². The van der Waals surface area contributed by atoms with Gasteiger partial charge >= 0.3 is 5.97 Å². The number of hydrogen-bond donors (Lipinski definition) is 0. The second-order valence-electron chi connectivity index (χ2n) is 8.79. The third kappa shape index (κ3) is 3.31. The van der Waals surface area contributed by atoms with Crippen LogP contribution in [-0.4, -0.2) is 35.2 Å².